The predicted molar refractivity (Wildman–Crippen MR) is 78.2 cm³/mol. The summed E-state index contributed by atoms with van der Waals surface area (Å²) in [5, 5.41) is 4.25. The average Bonchev–Trinajstić information content (AvgIpc) is 3.09. The predicted octanol–water partition coefficient (Wildman–Crippen LogP) is 3.04. The molecule has 3 nitrogen and oxygen atoms in total. The summed E-state index contributed by atoms with van der Waals surface area (Å²) >= 11 is 1.71. The zero-order chi connectivity index (χ0) is 13.1. The largest absolute Gasteiger partial charge is 0.490 e. The van der Waals surface area contributed by atoms with E-state index in [-0.39, 0.29) is 6.04 Å². The lowest BCUT2D eigenvalue weighted by molar-refractivity contribution is 0.302. The standard InChI is InChI=1S/C15H18N2OS/c16-17-15(8-11-6-7-19-10-11)12-2-1-3-14(9-12)18-13-4-5-13/h1-3,6-7,9-10,13,15,17H,4-5,8,16H2. The minimum atomic E-state index is 0.123. The normalized spacial score (nSPS) is 16.3. The van der Waals surface area contributed by atoms with Crippen LogP contribution in [0.1, 0.15) is 30.0 Å². The van der Waals surface area contributed by atoms with E-state index in [0.29, 0.717) is 6.10 Å². The van der Waals surface area contributed by atoms with Crippen LogP contribution in [0, 0.1) is 0 Å². The van der Waals surface area contributed by atoms with E-state index in [1.165, 1.54) is 24.0 Å². The lowest BCUT2D eigenvalue weighted by Gasteiger charge is -2.17. The molecular weight excluding hydrogens is 256 g/mol. The van der Waals surface area contributed by atoms with E-state index >= 15 is 0 Å². The summed E-state index contributed by atoms with van der Waals surface area (Å²) in [6.07, 6.45) is 3.68. The molecule has 1 aromatic carbocycles. The Bertz CT molecular complexity index is 523. The van der Waals surface area contributed by atoms with Gasteiger partial charge in [0.1, 0.15) is 5.75 Å². The molecule has 1 saturated carbocycles. The Morgan fingerprint density at radius 2 is 2.26 bits per heavy atom. The number of ether oxygens (including phenoxy) is 1. The Morgan fingerprint density at radius 1 is 1.37 bits per heavy atom. The molecule has 1 fully saturated rings. The van der Waals surface area contributed by atoms with Gasteiger partial charge >= 0.3 is 0 Å². The van der Waals surface area contributed by atoms with Crippen molar-refractivity contribution in [2.24, 2.45) is 5.84 Å². The summed E-state index contributed by atoms with van der Waals surface area (Å²) in [7, 11) is 0. The monoisotopic (exact) mass is 274 g/mol. The lowest BCUT2D eigenvalue weighted by Crippen LogP contribution is -2.29. The van der Waals surface area contributed by atoms with Crippen molar-refractivity contribution < 1.29 is 4.74 Å². The van der Waals surface area contributed by atoms with Crippen LogP contribution in [0.25, 0.3) is 0 Å². The Labute approximate surface area is 117 Å². The second-order valence-corrected chi connectivity index (χ2v) is 5.72. The van der Waals surface area contributed by atoms with Crippen LogP contribution in [0.2, 0.25) is 0 Å². The fourth-order valence-electron chi connectivity index (χ4n) is 2.10. The molecule has 1 aromatic heterocycles. The van der Waals surface area contributed by atoms with E-state index in [0.717, 1.165) is 12.2 Å². The smallest absolute Gasteiger partial charge is 0.120 e. The molecule has 2 aromatic rings. The third-order valence-electron chi connectivity index (χ3n) is 3.31. The van der Waals surface area contributed by atoms with Crippen LogP contribution in [0.3, 0.4) is 0 Å². The molecule has 3 N–H and O–H groups in total. The Balaban J connectivity index is 1.74. The second kappa shape index (κ2) is 5.74. The highest BCUT2D eigenvalue weighted by atomic mass is 32.1. The van der Waals surface area contributed by atoms with E-state index in [9.17, 15) is 0 Å². The zero-order valence-corrected chi connectivity index (χ0v) is 11.5. The number of rotatable bonds is 6. The van der Waals surface area contributed by atoms with Gasteiger partial charge < -0.3 is 4.74 Å². The third kappa shape index (κ3) is 3.35. The van der Waals surface area contributed by atoms with Gasteiger partial charge in [-0.2, -0.15) is 11.3 Å². The van der Waals surface area contributed by atoms with Crippen molar-refractivity contribution in [2.45, 2.75) is 31.4 Å². The highest BCUT2D eigenvalue weighted by molar-refractivity contribution is 7.07. The number of benzene rings is 1. The SMILES string of the molecule is NNC(Cc1ccsc1)c1cccc(OC2CC2)c1. The first kappa shape index (κ1) is 12.7. The van der Waals surface area contributed by atoms with E-state index in [1.807, 2.05) is 12.1 Å². The molecule has 0 amide bonds. The topological polar surface area (TPSA) is 47.3 Å². The van der Waals surface area contributed by atoms with Gasteiger partial charge in [-0.05, 0) is 59.3 Å². The second-order valence-electron chi connectivity index (χ2n) is 4.94. The maximum Gasteiger partial charge on any atom is 0.120 e. The van der Waals surface area contributed by atoms with Gasteiger partial charge in [-0.1, -0.05) is 12.1 Å². The third-order valence-corrected chi connectivity index (χ3v) is 4.04. The lowest BCUT2D eigenvalue weighted by atomic mass is 10.0. The summed E-state index contributed by atoms with van der Waals surface area (Å²) in [6, 6.07) is 10.5. The van der Waals surface area contributed by atoms with Crippen LogP contribution in [0.4, 0.5) is 0 Å². The summed E-state index contributed by atoms with van der Waals surface area (Å²) in [5.41, 5.74) is 5.38. The van der Waals surface area contributed by atoms with Gasteiger partial charge in [0, 0.05) is 0 Å². The first-order valence-corrected chi connectivity index (χ1v) is 7.53. The molecule has 4 heteroatoms. The number of nitrogens with two attached hydrogens (primary N) is 1. The van der Waals surface area contributed by atoms with Gasteiger partial charge in [0.2, 0.25) is 0 Å². The molecule has 19 heavy (non-hydrogen) atoms. The van der Waals surface area contributed by atoms with Gasteiger partial charge in [-0.3, -0.25) is 11.3 Å². The Hall–Kier alpha value is -1.36. The maximum atomic E-state index is 5.83. The van der Waals surface area contributed by atoms with E-state index in [1.54, 1.807) is 11.3 Å². The maximum absolute atomic E-state index is 5.83. The molecule has 0 saturated heterocycles. The van der Waals surface area contributed by atoms with Gasteiger partial charge in [0.15, 0.2) is 0 Å². The molecule has 1 unspecified atom stereocenters. The molecule has 3 rings (SSSR count). The molecule has 0 spiro atoms. The quantitative estimate of drug-likeness (QED) is 0.629. The Kier molecular flexibility index (Phi) is 3.82. The summed E-state index contributed by atoms with van der Waals surface area (Å²) in [5.74, 6) is 6.65. The fraction of sp³-hybridized carbons (Fsp3) is 0.333. The summed E-state index contributed by atoms with van der Waals surface area (Å²) < 4.78 is 5.83. The number of hydrazine groups is 1. The van der Waals surface area contributed by atoms with Crippen LogP contribution >= 0.6 is 11.3 Å². The van der Waals surface area contributed by atoms with E-state index < -0.39 is 0 Å². The molecule has 1 aliphatic carbocycles. The highest BCUT2D eigenvalue weighted by Crippen LogP contribution is 2.29. The van der Waals surface area contributed by atoms with Crippen molar-refractivity contribution in [2.75, 3.05) is 0 Å². The summed E-state index contributed by atoms with van der Waals surface area (Å²) in [6.45, 7) is 0. The van der Waals surface area contributed by atoms with Gasteiger partial charge in [0.25, 0.3) is 0 Å². The minimum absolute atomic E-state index is 0.123. The summed E-state index contributed by atoms with van der Waals surface area (Å²) in [4.78, 5) is 0. The molecule has 0 aliphatic heterocycles. The van der Waals surface area contributed by atoms with Crippen molar-refractivity contribution in [1.29, 1.82) is 0 Å². The highest BCUT2D eigenvalue weighted by Gasteiger charge is 2.23. The molecular formula is C15H18N2OS. The fourth-order valence-corrected chi connectivity index (χ4v) is 2.78. The van der Waals surface area contributed by atoms with Crippen molar-refractivity contribution in [3.05, 3.63) is 52.2 Å². The number of hydrogen-bond donors (Lipinski definition) is 2. The Morgan fingerprint density at radius 3 is 2.95 bits per heavy atom. The van der Waals surface area contributed by atoms with Gasteiger partial charge in [-0.15, -0.1) is 0 Å². The number of nitrogens with one attached hydrogen (secondary N) is 1. The molecule has 1 atom stereocenters. The molecule has 1 aliphatic rings. The number of thiophene rings is 1. The van der Waals surface area contributed by atoms with Gasteiger partial charge in [0.05, 0.1) is 12.1 Å². The van der Waals surface area contributed by atoms with Crippen molar-refractivity contribution in [3.8, 4) is 5.75 Å². The van der Waals surface area contributed by atoms with Crippen LogP contribution in [0.5, 0.6) is 5.75 Å². The van der Waals surface area contributed by atoms with Crippen LogP contribution < -0.4 is 16.0 Å². The zero-order valence-electron chi connectivity index (χ0n) is 10.7. The van der Waals surface area contributed by atoms with Crippen molar-refractivity contribution in [1.82, 2.24) is 5.43 Å². The molecule has 100 valence electrons. The average molecular weight is 274 g/mol. The molecule has 0 radical (unpaired) electrons. The van der Waals surface area contributed by atoms with E-state index in [2.05, 4.69) is 34.4 Å². The number of hydrogen-bond acceptors (Lipinski definition) is 4. The minimum Gasteiger partial charge on any atom is -0.490 e. The first-order chi connectivity index (χ1) is 9.35. The molecule has 1 heterocycles. The van der Waals surface area contributed by atoms with Gasteiger partial charge in [-0.25, -0.2) is 0 Å². The van der Waals surface area contributed by atoms with Crippen molar-refractivity contribution >= 4 is 11.3 Å². The van der Waals surface area contributed by atoms with Crippen molar-refractivity contribution in [3.63, 3.8) is 0 Å². The van der Waals surface area contributed by atoms with Crippen LogP contribution in [0.15, 0.2) is 41.1 Å². The molecule has 0 bridgehead atoms. The van der Waals surface area contributed by atoms with Crippen LogP contribution in [-0.4, -0.2) is 6.10 Å². The van der Waals surface area contributed by atoms with E-state index in [4.69, 9.17) is 10.6 Å². The van der Waals surface area contributed by atoms with Crippen LogP contribution in [-0.2, 0) is 6.42 Å². The first-order valence-electron chi connectivity index (χ1n) is 6.59.